The Kier molecular flexibility index (Phi) is 4.99. The molecule has 0 bridgehead atoms. The number of hydrogen-bond donors (Lipinski definition) is 1. The molecule has 1 aromatic heterocycles. The van der Waals surface area contributed by atoms with Crippen molar-refractivity contribution in [3.63, 3.8) is 0 Å². The predicted molar refractivity (Wildman–Crippen MR) is 82.4 cm³/mol. The van der Waals surface area contributed by atoms with Gasteiger partial charge in [-0.3, -0.25) is 4.98 Å². The third-order valence-corrected chi connectivity index (χ3v) is 3.14. The molecule has 4 heteroatoms. The van der Waals surface area contributed by atoms with Gasteiger partial charge in [-0.15, -0.1) is 0 Å². The van der Waals surface area contributed by atoms with Crippen LogP contribution in [-0.2, 0) is 0 Å². The van der Waals surface area contributed by atoms with Gasteiger partial charge in [-0.05, 0) is 50.7 Å². The Morgan fingerprint density at radius 2 is 1.80 bits per heavy atom. The fourth-order valence-electron chi connectivity index (χ4n) is 2.05. The van der Waals surface area contributed by atoms with Gasteiger partial charge in [0.1, 0.15) is 5.75 Å². The van der Waals surface area contributed by atoms with Crippen molar-refractivity contribution < 1.29 is 4.74 Å². The molecule has 0 aliphatic rings. The molecule has 1 atom stereocenters. The van der Waals surface area contributed by atoms with Crippen molar-refractivity contribution in [2.75, 3.05) is 7.05 Å². The third kappa shape index (κ3) is 3.71. The number of aromatic nitrogens is 1. The molecule has 1 heterocycles. The van der Waals surface area contributed by atoms with E-state index in [2.05, 4.69) is 22.4 Å². The fourth-order valence-corrected chi connectivity index (χ4v) is 2.17. The maximum atomic E-state index is 5.88. The Morgan fingerprint density at radius 1 is 1.10 bits per heavy atom. The summed E-state index contributed by atoms with van der Waals surface area (Å²) in [6, 6.07) is 11.9. The van der Waals surface area contributed by atoms with E-state index in [1.807, 2.05) is 45.2 Å². The molecular formula is C16H19ClN2O. The molecule has 0 aliphatic carbocycles. The first-order valence-electron chi connectivity index (χ1n) is 6.65. The zero-order valence-corrected chi connectivity index (χ0v) is 12.7. The molecule has 2 aromatic rings. The van der Waals surface area contributed by atoms with E-state index in [0.29, 0.717) is 5.02 Å². The summed E-state index contributed by atoms with van der Waals surface area (Å²) in [4.78, 5) is 4.37. The summed E-state index contributed by atoms with van der Waals surface area (Å²) >= 11 is 5.88. The van der Waals surface area contributed by atoms with Crippen molar-refractivity contribution in [2.45, 2.75) is 26.0 Å². The summed E-state index contributed by atoms with van der Waals surface area (Å²) in [5, 5.41) is 3.91. The molecular weight excluding hydrogens is 272 g/mol. The standard InChI is InChI=1S/C16H19ClN2O/c1-11(2)20-14-7-4-12(5-8-14)16(18-3)15-9-6-13(17)10-19-15/h4-11,16,18H,1-3H3. The van der Waals surface area contributed by atoms with E-state index >= 15 is 0 Å². The second-order valence-corrected chi connectivity index (χ2v) is 5.30. The number of ether oxygens (including phenoxy) is 1. The maximum Gasteiger partial charge on any atom is 0.119 e. The number of nitrogens with zero attached hydrogens (tertiary/aromatic N) is 1. The van der Waals surface area contributed by atoms with Gasteiger partial charge in [-0.1, -0.05) is 23.7 Å². The topological polar surface area (TPSA) is 34.1 Å². The van der Waals surface area contributed by atoms with Crippen LogP contribution >= 0.6 is 11.6 Å². The minimum absolute atomic E-state index is 0.0420. The molecule has 2 rings (SSSR count). The monoisotopic (exact) mass is 290 g/mol. The highest BCUT2D eigenvalue weighted by molar-refractivity contribution is 6.30. The van der Waals surface area contributed by atoms with Crippen LogP contribution in [0.2, 0.25) is 5.02 Å². The largest absolute Gasteiger partial charge is 0.491 e. The van der Waals surface area contributed by atoms with Gasteiger partial charge in [0.15, 0.2) is 0 Å². The lowest BCUT2D eigenvalue weighted by atomic mass is 10.0. The number of pyridine rings is 1. The molecule has 0 fully saturated rings. The molecule has 0 spiro atoms. The lowest BCUT2D eigenvalue weighted by Crippen LogP contribution is -2.18. The quantitative estimate of drug-likeness (QED) is 0.909. The molecule has 0 saturated heterocycles. The van der Waals surface area contributed by atoms with Crippen LogP contribution in [0, 0.1) is 0 Å². The van der Waals surface area contributed by atoms with Crippen LogP contribution in [0.3, 0.4) is 0 Å². The minimum atomic E-state index is 0.0420. The predicted octanol–water partition coefficient (Wildman–Crippen LogP) is 3.83. The first-order chi connectivity index (χ1) is 9.60. The lowest BCUT2D eigenvalue weighted by molar-refractivity contribution is 0.242. The average molecular weight is 291 g/mol. The van der Waals surface area contributed by atoms with Crippen molar-refractivity contribution in [3.8, 4) is 5.75 Å². The first-order valence-corrected chi connectivity index (χ1v) is 7.03. The Bertz CT molecular complexity index is 537. The van der Waals surface area contributed by atoms with Gasteiger partial charge in [0, 0.05) is 6.20 Å². The van der Waals surface area contributed by atoms with Crippen LogP contribution in [0.4, 0.5) is 0 Å². The van der Waals surface area contributed by atoms with E-state index in [9.17, 15) is 0 Å². The van der Waals surface area contributed by atoms with Crippen LogP contribution in [0.25, 0.3) is 0 Å². The zero-order valence-electron chi connectivity index (χ0n) is 11.9. The third-order valence-electron chi connectivity index (χ3n) is 2.92. The van der Waals surface area contributed by atoms with Crippen molar-refractivity contribution in [1.82, 2.24) is 10.3 Å². The minimum Gasteiger partial charge on any atom is -0.491 e. The molecule has 1 aromatic carbocycles. The summed E-state index contributed by atoms with van der Waals surface area (Å²) in [6.07, 6.45) is 1.84. The van der Waals surface area contributed by atoms with E-state index < -0.39 is 0 Å². The maximum absolute atomic E-state index is 5.88. The average Bonchev–Trinajstić information content (AvgIpc) is 2.43. The molecule has 0 aliphatic heterocycles. The van der Waals surface area contributed by atoms with Crippen molar-refractivity contribution in [1.29, 1.82) is 0 Å². The van der Waals surface area contributed by atoms with Crippen LogP contribution in [-0.4, -0.2) is 18.1 Å². The van der Waals surface area contributed by atoms with Gasteiger partial charge in [0.05, 0.1) is 22.9 Å². The molecule has 0 saturated carbocycles. The lowest BCUT2D eigenvalue weighted by Gasteiger charge is -2.17. The highest BCUT2D eigenvalue weighted by atomic mass is 35.5. The zero-order chi connectivity index (χ0) is 14.5. The van der Waals surface area contributed by atoms with E-state index in [-0.39, 0.29) is 12.1 Å². The molecule has 106 valence electrons. The van der Waals surface area contributed by atoms with Gasteiger partial charge in [-0.25, -0.2) is 0 Å². The van der Waals surface area contributed by atoms with Gasteiger partial charge >= 0.3 is 0 Å². The van der Waals surface area contributed by atoms with Gasteiger partial charge < -0.3 is 10.1 Å². The summed E-state index contributed by atoms with van der Waals surface area (Å²) in [7, 11) is 1.92. The molecule has 3 nitrogen and oxygen atoms in total. The number of halogens is 1. The highest BCUT2D eigenvalue weighted by Crippen LogP contribution is 2.23. The van der Waals surface area contributed by atoms with Gasteiger partial charge in [0.2, 0.25) is 0 Å². The molecule has 0 radical (unpaired) electrons. The summed E-state index contributed by atoms with van der Waals surface area (Å²) < 4.78 is 5.65. The second-order valence-electron chi connectivity index (χ2n) is 4.86. The fraction of sp³-hybridized carbons (Fsp3) is 0.312. The van der Waals surface area contributed by atoms with Crippen LogP contribution in [0.15, 0.2) is 42.6 Å². The SMILES string of the molecule is CNC(c1ccc(OC(C)C)cc1)c1ccc(Cl)cn1. The van der Waals surface area contributed by atoms with Crippen LogP contribution < -0.4 is 10.1 Å². The highest BCUT2D eigenvalue weighted by Gasteiger charge is 2.13. The first kappa shape index (κ1) is 14.8. The normalized spacial score (nSPS) is 12.4. The Morgan fingerprint density at radius 3 is 2.30 bits per heavy atom. The Balaban J connectivity index is 2.21. The van der Waals surface area contributed by atoms with Gasteiger partial charge in [0.25, 0.3) is 0 Å². The molecule has 1 unspecified atom stereocenters. The van der Waals surface area contributed by atoms with E-state index in [0.717, 1.165) is 17.0 Å². The summed E-state index contributed by atoms with van der Waals surface area (Å²) in [6.45, 7) is 4.03. The van der Waals surface area contributed by atoms with Crippen molar-refractivity contribution in [2.24, 2.45) is 0 Å². The molecule has 1 N–H and O–H groups in total. The smallest absolute Gasteiger partial charge is 0.119 e. The van der Waals surface area contributed by atoms with E-state index in [1.54, 1.807) is 6.20 Å². The van der Waals surface area contributed by atoms with Gasteiger partial charge in [-0.2, -0.15) is 0 Å². The van der Waals surface area contributed by atoms with E-state index in [1.165, 1.54) is 0 Å². The number of benzene rings is 1. The van der Waals surface area contributed by atoms with Crippen LogP contribution in [0.1, 0.15) is 31.1 Å². The Hall–Kier alpha value is -1.58. The summed E-state index contributed by atoms with van der Waals surface area (Å²) in [5.41, 5.74) is 2.08. The second kappa shape index (κ2) is 6.73. The Labute approximate surface area is 124 Å². The number of rotatable bonds is 5. The molecule has 0 amide bonds. The number of nitrogens with one attached hydrogen (secondary N) is 1. The number of hydrogen-bond acceptors (Lipinski definition) is 3. The van der Waals surface area contributed by atoms with Crippen molar-refractivity contribution in [3.05, 3.63) is 58.9 Å². The van der Waals surface area contributed by atoms with E-state index in [4.69, 9.17) is 16.3 Å². The van der Waals surface area contributed by atoms with Crippen LogP contribution in [0.5, 0.6) is 5.75 Å². The van der Waals surface area contributed by atoms with Crippen molar-refractivity contribution >= 4 is 11.6 Å². The summed E-state index contributed by atoms with van der Waals surface area (Å²) in [5.74, 6) is 0.877. The molecule has 20 heavy (non-hydrogen) atoms.